The molecule has 2 N–H and O–H groups in total. The van der Waals surface area contributed by atoms with Gasteiger partial charge in [0.1, 0.15) is 17.2 Å². The van der Waals surface area contributed by atoms with E-state index in [2.05, 4.69) is 33.5 Å². The van der Waals surface area contributed by atoms with Crippen LogP contribution in [0, 0.1) is 0 Å². The Bertz CT molecular complexity index is 1010. The van der Waals surface area contributed by atoms with Gasteiger partial charge in [-0.25, -0.2) is 0 Å². The van der Waals surface area contributed by atoms with Gasteiger partial charge in [0.15, 0.2) is 11.7 Å². The van der Waals surface area contributed by atoms with Crippen LogP contribution in [0.25, 0.3) is 0 Å². The molecule has 1 amide bonds. The highest BCUT2D eigenvalue weighted by atomic mass is 79.9. The molecule has 5 nitrogen and oxygen atoms in total. The average molecular weight is 485 g/mol. The molecule has 3 aromatic carbocycles. The number of hydrogen-bond acceptors (Lipinski definition) is 4. The van der Waals surface area contributed by atoms with E-state index in [9.17, 15) is 4.79 Å². The highest BCUT2D eigenvalue weighted by molar-refractivity contribution is 9.10. The third-order valence-corrected chi connectivity index (χ3v) is 4.93. The molecule has 0 aliphatic carbocycles. The van der Waals surface area contributed by atoms with Crippen LogP contribution < -0.4 is 20.1 Å². The first-order chi connectivity index (χ1) is 14.5. The molecule has 30 heavy (non-hydrogen) atoms. The fraction of sp³-hybridized carbons (Fsp3) is 0.130. The summed E-state index contributed by atoms with van der Waals surface area (Å²) >= 11 is 8.66. The predicted molar refractivity (Wildman–Crippen MR) is 126 cm³/mol. The third-order valence-electron chi connectivity index (χ3n) is 4.11. The lowest BCUT2D eigenvalue weighted by molar-refractivity contribution is -0.121. The second-order valence-electron chi connectivity index (χ2n) is 6.35. The van der Waals surface area contributed by atoms with Gasteiger partial charge in [0.25, 0.3) is 5.91 Å². The lowest BCUT2D eigenvalue weighted by Crippen LogP contribution is -2.37. The summed E-state index contributed by atoms with van der Waals surface area (Å²) < 4.78 is 12.1. The summed E-state index contributed by atoms with van der Waals surface area (Å²) in [5.41, 5.74) is 1.92. The summed E-state index contributed by atoms with van der Waals surface area (Å²) in [5, 5.41) is 5.77. The Morgan fingerprint density at radius 1 is 1.00 bits per heavy atom. The number of aryl methyl sites for hydroxylation is 1. The van der Waals surface area contributed by atoms with Crippen molar-refractivity contribution in [1.29, 1.82) is 0 Å². The number of carbonyl (C=O) groups is 1. The summed E-state index contributed by atoms with van der Waals surface area (Å²) in [6.45, 7) is 1.93. The van der Waals surface area contributed by atoms with Gasteiger partial charge in [-0.2, -0.15) is 0 Å². The molecule has 0 saturated carbocycles. The van der Waals surface area contributed by atoms with Crippen molar-refractivity contribution in [3.63, 3.8) is 0 Å². The lowest BCUT2D eigenvalue weighted by atomic mass is 10.2. The molecule has 0 aromatic heterocycles. The van der Waals surface area contributed by atoms with Gasteiger partial charge in [0.2, 0.25) is 0 Å². The Labute approximate surface area is 189 Å². The van der Waals surface area contributed by atoms with Gasteiger partial charge < -0.3 is 14.8 Å². The minimum absolute atomic E-state index is 0.143. The molecular weight excluding hydrogens is 464 g/mol. The van der Waals surface area contributed by atoms with E-state index >= 15 is 0 Å². The summed E-state index contributed by atoms with van der Waals surface area (Å²) in [6.07, 6.45) is 0.929. The number of rotatable bonds is 7. The van der Waals surface area contributed by atoms with Gasteiger partial charge in [-0.15, -0.1) is 0 Å². The number of benzene rings is 3. The zero-order chi connectivity index (χ0) is 21.3. The highest BCUT2D eigenvalue weighted by Gasteiger charge is 2.08. The number of amides is 1. The normalized spacial score (nSPS) is 10.2. The molecule has 3 rings (SSSR count). The van der Waals surface area contributed by atoms with Gasteiger partial charge >= 0.3 is 0 Å². The molecule has 3 aromatic rings. The van der Waals surface area contributed by atoms with Gasteiger partial charge in [-0.1, -0.05) is 31.2 Å². The fourth-order valence-corrected chi connectivity index (χ4v) is 3.35. The van der Waals surface area contributed by atoms with Crippen LogP contribution in [0.15, 0.2) is 77.3 Å². The summed E-state index contributed by atoms with van der Waals surface area (Å²) in [7, 11) is 0. The van der Waals surface area contributed by atoms with Crippen molar-refractivity contribution in [2.45, 2.75) is 13.3 Å². The Balaban J connectivity index is 1.46. The number of para-hydroxylation sites is 1. The molecule has 0 heterocycles. The summed E-state index contributed by atoms with van der Waals surface area (Å²) in [6, 6.07) is 22.6. The van der Waals surface area contributed by atoms with Crippen LogP contribution >= 0.6 is 28.1 Å². The van der Waals surface area contributed by atoms with Crippen molar-refractivity contribution in [1.82, 2.24) is 5.32 Å². The van der Waals surface area contributed by atoms with E-state index in [1.807, 2.05) is 72.8 Å². The average Bonchev–Trinajstić information content (AvgIpc) is 2.75. The Kier molecular flexibility index (Phi) is 7.82. The van der Waals surface area contributed by atoms with Crippen molar-refractivity contribution >= 4 is 44.9 Å². The number of halogens is 1. The maximum Gasteiger partial charge on any atom is 0.264 e. The van der Waals surface area contributed by atoms with E-state index < -0.39 is 0 Å². The molecule has 0 saturated heterocycles. The number of anilines is 1. The molecule has 0 fully saturated rings. The van der Waals surface area contributed by atoms with E-state index in [0.29, 0.717) is 11.5 Å². The van der Waals surface area contributed by atoms with Gasteiger partial charge in [0, 0.05) is 5.69 Å². The van der Waals surface area contributed by atoms with Gasteiger partial charge in [0.05, 0.1) is 4.47 Å². The van der Waals surface area contributed by atoms with Crippen LogP contribution in [-0.2, 0) is 11.2 Å². The predicted octanol–water partition coefficient (Wildman–Crippen LogP) is 5.70. The summed E-state index contributed by atoms with van der Waals surface area (Å²) in [4.78, 5) is 12.1. The molecular formula is C23H21BrN2O3S. The minimum atomic E-state index is -0.344. The standard InChI is InChI=1S/C23H21BrN2O3S/c1-2-16-8-13-21(20(24)14-16)28-15-22(27)26-23(30)25-17-9-11-19(12-10-17)29-18-6-4-3-5-7-18/h3-14H,2,15H2,1H3,(H2,25,26,27,30). The smallest absolute Gasteiger partial charge is 0.264 e. The van der Waals surface area contributed by atoms with Crippen molar-refractivity contribution in [2.75, 3.05) is 11.9 Å². The van der Waals surface area contributed by atoms with Crippen LogP contribution in [0.2, 0.25) is 0 Å². The zero-order valence-corrected chi connectivity index (χ0v) is 18.8. The molecule has 154 valence electrons. The third kappa shape index (κ3) is 6.57. The second-order valence-corrected chi connectivity index (χ2v) is 7.61. The van der Waals surface area contributed by atoms with Crippen LogP contribution in [0.1, 0.15) is 12.5 Å². The zero-order valence-electron chi connectivity index (χ0n) is 16.4. The van der Waals surface area contributed by atoms with Crippen molar-refractivity contribution in [2.24, 2.45) is 0 Å². The molecule has 0 spiro atoms. The lowest BCUT2D eigenvalue weighted by Gasteiger charge is -2.12. The van der Waals surface area contributed by atoms with Gasteiger partial charge in [-0.05, 0) is 88.7 Å². The molecule has 0 aliphatic rings. The first kappa shape index (κ1) is 21.8. The number of nitrogens with one attached hydrogen (secondary N) is 2. The van der Waals surface area contributed by atoms with Gasteiger partial charge in [-0.3, -0.25) is 10.1 Å². The Morgan fingerprint density at radius 2 is 1.70 bits per heavy atom. The molecule has 0 unspecified atom stereocenters. The van der Waals surface area contributed by atoms with E-state index in [1.165, 1.54) is 5.56 Å². The van der Waals surface area contributed by atoms with Crippen molar-refractivity contribution in [3.8, 4) is 17.2 Å². The van der Waals surface area contributed by atoms with Crippen LogP contribution in [0.5, 0.6) is 17.2 Å². The minimum Gasteiger partial charge on any atom is -0.483 e. The number of hydrogen-bond donors (Lipinski definition) is 2. The van der Waals surface area contributed by atoms with E-state index in [1.54, 1.807) is 0 Å². The molecule has 0 atom stereocenters. The van der Waals surface area contributed by atoms with Crippen LogP contribution in [0.4, 0.5) is 5.69 Å². The maximum absolute atomic E-state index is 12.1. The molecule has 0 aliphatic heterocycles. The van der Waals surface area contributed by atoms with Crippen LogP contribution in [-0.4, -0.2) is 17.6 Å². The Morgan fingerprint density at radius 3 is 2.37 bits per heavy atom. The molecule has 0 radical (unpaired) electrons. The number of ether oxygens (including phenoxy) is 2. The first-order valence-corrected chi connectivity index (χ1v) is 10.6. The van der Waals surface area contributed by atoms with Crippen molar-refractivity contribution in [3.05, 3.63) is 82.8 Å². The maximum atomic E-state index is 12.1. The highest BCUT2D eigenvalue weighted by Crippen LogP contribution is 2.26. The fourth-order valence-electron chi connectivity index (χ4n) is 2.58. The van der Waals surface area contributed by atoms with E-state index in [-0.39, 0.29) is 17.6 Å². The number of thiocarbonyl (C=S) groups is 1. The quantitative estimate of drug-likeness (QED) is 0.421. The molecule has 7 heteroatoms. The topological polar surface area (TPSA) is 59.6 Å². The number of carbonyl (C=O) groups excluding carboxylic acids is 1. The second kappa shape index (κ2) is 10.8. The SMILES string of the molecule is CCc1ccc(OCC(=O)NC(=S)Nc2ccc(Oc3ccccc3)cc2)c(Br)c1. The summed E-state index contributed by atoms with van der Waals surface area (Å²) in [5.74, 6) is 1.73. The van der Waals surface area contributed by atoms with Crippen LogP contribution in [0.3, 0.4) is 0 Å². The van der Waals surface area contributed by atoms with E-state index in [4.69, 9.17) is 21.7 Å². The first-order valence-electron chi connectivity index (χ1n) is 9.38. The largest absolute Gasteiger partial charge is 0.483 e. The van der Waals surface area contributed by atoms with E-state index in [0.717, 1.165) is 22.3 Å². The molecule has 0 bridgehead atoms. The Hall–Kier alpha value is -2.90. The monoisotopic (exact) mass is 484 g/mol. The van der Waals surface area contributed by atoms with Crippen molar-refractivity contribution < 1.29 is 14.3 Å².